The SMILES string of the molecule is CCCC1(O)CN(Cc2cccc(Br)c2)C1. The van der Waals surface area contributed by atoms with Gasteiger partial charge in [-0.05, 0) is 24.1 Å². The van der Waals surface area contributed by atoms with Gasteiger partial charge in [-0.2, -0.15) is 0 Å². The molecule has 1 aliphatic heterocycles. The number of likely N-dealkylation sites (tertiary alicyclic amines) is 1. The van der Waals surface area contributed by atoms with Crippen LogP contribution in [0.2, 0.25) is 0 Å². The third kappa shape index (κ3) is 2.84. The molecule has 1 N–H and O–H groups in total. The zero-order valence-electron chi connectivity index (χ0n) is 9.62. The van der Waals surface area contributed by atoms with Gasteiger partial charge in [0, 0.05) is 24.1 Å². The van der Waals surface area contributed by atoms with Crippen molar-refractivity contribution in [3.8, 4) is 0 Å². The van der Waals surface area contributed by atoms with E-state index in [2.05, 4.69) is 46.0 Å². The van der Waals surface area contributed by atoms with Gasteiger partial charge in [0.1, 0.15) is 0 Å². The van der Waals surface area contributed by atoms with E-state index in [-0.39, 0.29) is 0 Å². The first-order chi connectivity index (χ1) is 7.61. The number of β-amino-alcohol motifs (C(OH)–C–C–N with tert-alkyl or cyclic N) is 1. The van der Waals surface area contributed by atoms with Crippen molar-refractivity contribution in [2.45, 2.75) is 31.9 Å². The van der Waals surface area contributed by atoms with Gasteiger partial charge in [-0.3, -0.25) is 4.90 Å². The minimum absolute atomic E-state index is 0.416. The fourth-order valence-corrected chi connectivity index (χ4v) is 2.86. The van der Waals surface area contributed by atoms with E-state index in [1.807, 2.05) is 6.07 Å². The highest BCUT2D eigenvalue weighted by Crippen LogP contribution is 2.27. The van der Waals surface area contributed by atoms with E-state index in [9.17, 15) is 5.11 Å². The largest absolute Gasteiger partial charge is 0.387 e. The first kappa shape index (κ1) is 12.1. The van der Waals surface area contributed by atoms with Crippen molar-refractivity contribution in [1.29, 1.82) is 0 Å². The molecule has 0 radical (unpaired) electrons. The molecule has 0 bridgehead atoms. The van der Waals surface area contributed by atoms with Gasteiger partial charge in [-0.25, -0.2) is 0 Å². The van der Waals surface area contributed by atoms with E-state index in [0.29, 0.717) is 0 Å². The molecule has 1 aromatic rings. The van der Waals surface area contributed by atoms with E-state index in [1.165, 1.54) is 5.56 Å². The fraction of sp³-hybridized carbons (Fsp3) is 0.538. The second kappa shape index (κ2) is 4.86. The lowest BCUT2D eigenvalue weighted by atomic mass is 9.89. The molecule has 0 saturated carbocycles. The Balaban J connectivity index is 1.85. The Morgan fingerprint density at radius 2 is 2.19 bits per heavy atom. The maximum atomic E-state index is 10.1. The molecule has 0 atom stereocenters. The maximum absolute atomic E-state index is 10.1. The molecule has 16 heavy (non-hydrogen) atoms. The van der Waals surface area contributed by atoms with Crippen LogP contribution in [0.15, 0.2) is 28.7 Å². The molecule has 0 spiro atoms. The Bertz CT molecular complexity index is 361. The molecular formula is C13H18BrNO. The van der Waals surface area contributed by atoms with Crippen LogP contribution in [0.4, 0.5) is 0 Å². The summed E-state index contributed by atoms with van der Waals surface area (Å²) in [7, 11) is 0. The Labute approximate surface area is 105 Å². The second-order valence-electron chi connectivity index (χ2n) is 4.75. The van der Waals surface area contributed by atoms with E-state index in [0.717, 1.165) is 36.9 Å². The molecule has 2 nitrogen and oxygen atoms in total. The van der Waals surface area contributed by atoms with Gasteiger partial charge in [0.2, 0.25) is 0 Å². The van der Waals surface area contributed by atoms with Crippen LogP contribution in [0.1, 0.15) is 25.3 Å². The van der Waals surface area contributed by atoms with Gasteiger partial charge in [0.05, 0.1) is 5.60 Å². The number of hydrogen-bond donors (Lipinski definition) is 1. The highest BCUT2D eigenvalue weighted by molar-refractivity contribution is 9.10. The summed E-state index contributed by atoms with van der Waals surface area (Å²) in [5, 5.41) is 10.1. The summed E-state index contributed by atoms with van der Waals surface area (Å²) >= 11 is 3.47. The highest BCUT2D eigenvalue weighted by atomic mass is 79.9. The van der Waals surface area contributed by atoms with Crippen molar-refractivity contribution in [3.05, 3.63) is 34.3 Å². The fourth-order valence-electron chi connectivity index (χ4n) is 2.41. The lowest BCUT2D eigenvalue weighted by Gasteiger charge is -2.46. The summed E-state index contributed by atoms with van der Waals surface area (Å²) in [6.45, 7) is 4.68. The average molecular weight is 284 g/mol. The van der Waals surface area contributed by atoms with Gasteiger partial charge in [-0.15, -0.1) is 0 Å². The van der Waals surface area contributed by atoms with Crippen molar-refractivity contribution in [1.82, 2.24) is 4.90 Å². The standard InChI is InChI=1S/C13H18BrNO/c1-2-6-13(16)9-15(10-13)8-11-4-3-5-12(14)7-11/h3-5,7,16H,2,6,8-10H2,1H3. The van der Waals surface area contributed by atoms with Gasteiger partial charge < -0.3 is 5.11 Å². The van der Waals surface area contributed by atoms with Crippen molar-refractivity contribution in [2.75, 3.05) is 13.1 Å². The smallest absolute Gasteiger partial charge is 0.0900 e. The van der Waals surface area contributed by atoms with E-state index in [4.69, 9.17) is 0 Å². The predicted octanol–water partition coefficient (Wildman–Crippen LogP) is 2.80. The molecule has 2 rings (SSSR count). The summed E-state index contributed by atoms with van der Waals surface area (Å²) in [5.74, 6) is 0. The number of halogens is 1. The third-order valence-corrected chi connectivity index (χ3v) is 3.54. The highest BCUT2D eigenvalue weighted by Gasteiger charge is 2.39. The lowest BCUT2D eigenvalue weighted by Crippen LogP contribution is -2.60. The summed E-state index contributed by atoms with van der Waals surface area (Å²) in [5.41, 5.74) is 0.883. The van der Waals surface area contributed by atoms with Crippen molar-refractivity contribution in [2.24, 2.45) is 0 Å². The average Bonchev–Trinajstić information content (AvgIpc) is 2.15. The van der Waals surface area contributed by atoms with Gasteiger partial charge in [-0.1, -0.05) is 41.4 Å². The number of hydrogen-bond acceptors (Lipinski definition) is 2. The Kier molecular flexibility index (Phi) is 3.67. The lowest BCUT2D eigenvalue weighted by molar-refractivity contribution is -0.106. The zero-order chi connectivity index (χ0) is 11.6. The zero-order valence-corrected chi connectivity index (χ0v) is 11.2. The van der Waals surface area contributed by atoms with E-state index < -0.39 is 5.60 Å². The number of nitrogens with zero attached hydrogens (tertiary/aromatic N) is 1. The molecule has 0 aromatic heterocycles. The summed E-state index contributed by atoms with van der Waals surface area (Å²) in [6, 6.07) is 8.35. The minimum Gasteiger partial charge on any atom is -0.387 e. The molecule has 1 aromatic carbocycles. The Morgan fingerprint density at radius 3 is 2.81 bits per heavy atom. The van der Waals surface area contributed by atoms with E-state index in [1.54, 1.807) is 0 Å². The molecule has 0 amide bonds. The molecule has 0 unspecified atom stereocenters. The molecule has 88 valence electrons. The maximum Gasteiger partial charge on any atom is 0.0900 e. The van der Waals surface area contributed by atoms with Crippen LogP contribution in [0.5, 0.6) is 0 Å². The van der Waals surface area contributed by atoms with Crippen LogP contribution >= 0.6 is 15.9 Å². The van der Waals surface area contributed by atoms with Crippen molar-refractivity contribution in [3.63, 3.8) is 0 Å². The van der Waals surface area contributed by atoms with Crippen LogP contribution < -0.4 is 0 Å². The van der Waals surface area contributed by atoms with Gasteiger partial charge >= 0.3 is 0 Å². The quantitative estimate of drug-likeness (QED) is 0.919. The molecule has 1 saturated heterocycles. The van der Waals surface area contributed by atoms with Crippen molar-refractivity contribution >= 4 is 15.9 Å². The van der Waals surface area contributed by atoms with Gasteiger partial charge in [0.25, 0.3) is 0 Å². The molecule has 1 aliphatic rings. The third-order valence-electron chi connectivity index (χ3n) is 3.05. The summed E-state index contributed by atoms with van der Waals surface area (Å²) < 4.78 is 1.12. The van der Waals surface area contributed by atoms with Crippen molar-refractivity contribution < 1.29 is 5.11 Å². The van der Waals surface area contributed by atoms with Crippen LogP contribution in [0.25, 0.3) is 0 Å². The molecule has 3 heteroatoms. The second-order valence-corrected chi connectivity index (χ2v) is 5.67. The predicted molar refractivity (Wildman–Crippen MR) is 69.3 cm³/mol. The summed E-state index contributed by atoms with van der Waals surface area (Å²) in [4.78, 5) is 2.29. The Hall–Kier alpha value is -0.380. The van der Waals surface area contributed by atoms with Crippen LogP contribution in [0, 0.1) is 0 Å². The molecule has 0 aliphatic carbocycles. The van der Waals surface area contributed by atoms with E-state index >= 15 is 0 Å². The van der Waals surface area contributed by atoms with Crippen LogP contribution in [-0.4, -0.2) is 28.7 Å². The van der Waals surface area contributed by atoms with Crippen LogP contribution in [0.3, 0.4) is 0 Å². The first-order valence-electron chi connectivity index (χ1n) is 5.80. The number of aliphatic hydroxyl groups is 1. The summed E-state index contributed by atoms with van der Waals surface area (Å²) in [6.07, 6.45) is 1.98. The normalized spacial score (nSPS) is 19.4. The number of benzene rings is 1. The number of rotatable bonds is 4. The molecule has 1 fully saturated rings. The Morgan fingerprint density at radius 1 is 1.44 bits per heavy atom. The molecular weight excluding hydrogens is 266 g/mol. The topological polar surface area (TPSA) is 23.5 Å². The van der Waals surface area contributed by atoms with Crippen LogP contribution in [-0.2, 0) is 6.54 Å². The van der Waals surface area contributed by atoms with Gasteiger partial charge in [0.15, 0.2) is 0 Å². The molecule has 1 heterocycles. The monoisotopic (exact) mass is 283 g/mol. The first-order valence-corrected chi connectivity index (χ1v) is 6.60. The minimum atomic E-state index is -0.416.